The predicted molar refractivity (Wildman–Crippen MR) is 89.2 cm³/mol. The van der Waals surface area contributed by atoms with Crippen LogP contribution in [0.3, 0.4) is 0 Å². The van der Waals surface area contributed by atoms with Crippen molar-refractivity contribution in [2.45, 2.75) is 18.8 Å². The molecule has 1 saturated carbocycles. The molecular weight excluding hydrogens is 412 g/mol. The molecule has 1 aromatic carbocycles. The van der Waals surface area contributed by atoms with E-state index in [0.29, 0.717) is 26.3 Å². The lowest BCUT2D eigenvalue weighted by Crippen LogP contribution is -2.09. The molecule has 1 N–H and O–H groups in total. The van der Waals surface area contributed by atoms with Crippen LogP contribution in [-0.2, 0) is 0 Å². The molecule has 2 heterocycles. The van der Waals surface area contributed by atoms with Crippen molar-refractivity contribution in [1.29, 1.82) is 0 Å². The molecule has 0 aliphatic heterocycles. The average Bonchev–Trinajstić information content (AvgIpc) is 3.30. The van der Waals surface area contributed by atoms with Crippen LogP contribution in [0.15, 0.2) is 30.6 Å². The van der Waals surface area contributed by atoms with E-state index < -0.39 is 5.82 Å². The van der Waals surface area contributed by atoms with Crippen molar-refractivity contribution in [3.63, 3.8) is 0 Å². The first-order valence-corrected chi connectivity index (χ1v) is 8.19. The van der Waals surface area contributed by atoms with E-state index >= 15 is 0 Å². The van der Waals surface area contributed by atoms with Gasteiger partial charge in [-0.3, -0.25) is 9.20 Å². The number of imidazole rings is 1. The number of rotatable bonds is 3. The summed E-state index contributed by atoms with van der Waals surface area (Å²) in [6.07, 6.45) is 4.27. The van der Waals surface area contributed by atoms with Crippen LogP contribution >= 0.6 is 22.6 Å². The first kappa shape index (κ1) is 14.6. The van der Waals surface area contributed by atoms with Gasteiger partial charge in [-0.2, -0.15) is 0 Å². The average molecular weight is 423 g/mol. The minimum Gasteiger partial charge on any atom is -0.507 e. The van der Waals surface area contributed by atoms with Gasteiger partial charge in [0.15, 0.2) is 5.82 Å². The number of benzene rings is 1. The molecule has 0 unspecified atom stereocenters. The number of carbonyl (C=O) groups is 1. The summed E-state index contributed by atoms with van der Waals surface area (Å²) < 4.78 is 15.6. The number of hydrogen-bond donors (Lipinski definition) is 1. The Hall–Kier alpha value is -2.03. The highest BCUT2D eigenvalue weighted by molar-refractivity contribution is 14.1. The lowest BCUT2D eigenvalue weighted by atomic mass is 10.0. The number of nitrogens with zero attached hydrogens (tertiary/aromatic N) is 3. The quantitative estimate of drug-likeness (QED) is 0.519. The Balaban J connectivity index is 1.92. The third kappa shape index (κ3) is 2.48. The molecule has 1 aliphatic carbocycles. The van der Waals surface area contributed by atoms with Crippen molar-refractivity contribution < 1.29 is 14.3 Å². The van der Waals surface area contributed by atoms with Gasteiger partial charge in [-0.05, 0) is 53.6 Å². The van der Waals surface area contributed by atoms with Crippen molar-refractivity contribution in [3.05, 3.63) is 56.9 Å². The smallest absolute Gasteiger partial charge is 0.234 e. The summed E-state index contributed by atoms with van der Waals surface area (Å²) in [5.41, 5.74) is 1.47. The van der Waals surface area contributed by atoms with Crippen LogP contribution in [0.4, 0.5) is 4.39 Å². The summed E-state index contributed by atoms with van der Waals surface area (Å²) in [5.74, 6) is -0.0910. The molecule has 2 aromatic heterocycles. The van der Waals surface area contributed by atoms with Crippen LogP contribution in [0.5, 0.6) is 5.75 Å². The van der Waals surface area contributed by atoms with Gasteiger partial charge in [-0.25, -0.2) is 14.4 Å². The van der Waals surface area contributed by atoms with Gasteiger partial charge in [0.2, 0.25) is 11.6 Å². The maximum Gasteiger partial charge on any atom is 0.234 e. The van der Waals surface area contributed by atoms with Crippen molar-refractivity contribution in [3.8, 4) is 5.75 Å². The predicted octanol–water partition coefficient (Wildman–Crippen LogP) is 3.29. The Morgan fingerprint density at radius 1 is 1.39 bits per heavy atom. The SMILES string of the molecule is O=C(c1ccc(O)c(I)c1)c1c(C2CC2)nc2ncc(F)cn12. The molecule has 4 rings (SSSR count). The van der Waals surface area contributed by atoms with Gasteiger partial charge in [0.1, 0.15) is 11.4 Å². The van der Waals surface area contributed by atoms with Crippen LogP contribution < -0.4 is 0 Å². The van der Waals surface area contributed by atoms with Gasteiger partial charge < -0.3 is 5.11 Å². The van der Waals surface area contributed by atoms with Gasteiger partial charge in [0.05, 0.1) is 21.7 Å². The van der Waals surface area contributed by atoms with Gasteiger partial charge in [-0.1, -0.05) is 0 Å². The summed E-state index contributed by atoms with van der Waals surface area (Å²) in [7, 11) is 0. The molecule has 0 spiro atoms. The highest BCUT2D eigenvalue weighted by Crippen LogP contribution is 2.41. The van der Waals surface area contributed by atoms with E-state index in [1.54, 1.807) is 12.1 Å². The molecule has 0 bridgehead atoms. The van der Waals surface area contributed by atoms with E-state index in [-0.39, 0.29) is 17.5 Å². The molecule has 0 saturated heterocycles. The third-order valence-electron chi connectivity index (χ3n) is 3.86. The zero-order valence-corrected chi connectivity index (χ0v) is 14.0. The number of phenols is 1. The third-order valence-corrected chi connectivity index (χ3v) is 4.73. The second-order valence-electron chi connectivity index (χ2n) is 5.56. The van der Waals surface area contributed by atoms with Crippen molar-refractivity contribution in [2.75, 3.05) is 0 Å². The lowest BCUT2D eigenvalue weighted by molar-refractivity contribution is 0.103. The van der Waals surface area contributed by atoms with Crippen LogP contribution in [0.2, 0.25) is 0 Å². The summed E-state index contributed by atoms with van der Waals surface area (Å²) in [4.78, 5) is 21.3. The number of carbonyl (C=O) groups excluding carboxylic acids is 1. The monoisotopic (exact) mass is 423 g/mol. The summed E-state index contributed by atoms with van der Waals surface area (Å²) >= 11 is 1.96. The number of ketones is 1. The molecule has 0 atom stereocenters. The van der Waals surface area contributed by atoms with Crippen LogP contribution in [0, 0.1) is 9.39 Å². The Bertz CT molecular complexity index is 950. The minimum atomic E-state index is -0.522. The molecule has 1 fully saturated rings. The Kier molecular flexibility index (Phi) is 3.33. The summed E-state index contributed by atoms with van der Waals surface area (Å²) in [5, 5.41) is 9.62. The molecule has 0 radical (unpaired) electrons. The van der Waals surface area contributed by atoms with Crippen LogP contribution in [0.25, 0.3) is 5.78 Å². The highest BCUT2D eigenvalue weighted by atomic mass is 127. The fraction of sp³-hybridized carbons (Fsp3) is 0.188. The van der Waals surface area contributed by atoms with E-state index in [1.165, 1.54) is 16.7 Å². The Morgan fingerprint density at radius 3 is 2.87 bits per heavy atom. The van der Waals surface area contributed by atoms with E-state index in [4.69, 9.17) is 0 Å². The largest absolute Gasteiger partial charge is 0.507 e. The minimum absolute atomic E-state index is 0.121. The van der Waals surface area contributed by atoms with Crippen LogP contribution in [0.1, 0.15) is 40.5 Å². The number of aromatic hydroxyl groups is 1. The van der Waals surface area contributed by atoms with E-state index in [1.807, 2.05) is 22.6 Å². The number of fused-ring (bicyclic) bond motifs is 1. The Labute approximate surface area is 144 Å². The van der Waals surface area contributed by atoms with Crippen molar-refractivity contribution in [2.24, 2.45) is 0 Å². The van der Waals surface area contributed by atoms with Gasteiger partial charge >= 0.3 is 0 Å². The molecule has 116 valence electrons. The molecule has 1 aliphatic rings. The topological polar surface area (TPSA) is 67.5 Å². The van der Waals surface area contributed by atoms with Crippen molar-refractivity contribution in [1.82, 2.24) is 14.4 Å². The molecule has 5 nitrogen and oxygen atoms in total. The Morgan fingerprint density at radius 2 is 2.17 bits per heavy atom. The summed E-state index contributed by atoms with van der Waals surface area (Å²) in [6, 6.07) is 4.65. The molecule has 0 amide bonds. The van der Waals surface area contributed by atoms with Gasteiger partial charge in [0.25, 0.3) is 0 Å². The van der Waals surface area contributed by atoms with Crippen molar-refractivity contribution >= 4 is 34.2 Å². The number of aromatic nitrogens is 3. The van der Waals surface area contributed by atoms with E-state index in [0.717, 1.165) is 19.0 Å². The van der Waals surface area contributed by atoms with Gasteiger partial charge in [0, 0.05) is 11.5 Å². The standard InChI is InChI=1S/C16H11FIN3O2/c17-10-6-19-16-20-13(8-1-2-8)14(21(16)7-10)15(23)9-3-4-12(22)11(18)5-9/h3-8,22H,1-2H2. The fourth-order valence-electron chi connectivity index (χ4n) is 2.58. The van der Waals surface area contributed by atoms with E-state index in [9.17, 15) is 14.3 Å². The summed E-state index contributed by atoms with van der Waals surface area (Å²) in [6.45, 7) is 0. The lowest BCUT2D eigenvalue weighted by Gasteiger charge is -2.05. The zero-order chi connectivity index (χ0) is 16.1. The van der Waals surface area contributed by atoms with E-state index in [2.05, 4.69) is 9.97 Å². The number of phenolic OH excluding ortho intramolecular Hbond substituents is 1. The number of hydrogen-bond acceptors (Lipinski definition) is 4. The first-order valence-electron chi connectivity index (χ1n) is 7.11. The molecular formula is C16H11FIN3O2. The first-order chi connectivity index (χ1) is 11.0. The maximum atomic E-state index is 13.6. The second-order valence-corrected chi connectivity index (χ2v) is 6.72. The van der Waals surface area contributed by atoms with Crippen LogP contribution in [-0.4, -0.2) is 25.3 Å². The van der Waals surface area contributed by atoms with Gasteiger partial charge in [-0.15, -0.1) is 0 Å². The number of halogens is 2. The maximum absolute atomic E-state index is 13.6. The zero-order valence-electron chi connectivity index (χ0n) is 11.8. The molecule has 3 aromatic rings. The second kappa shape index (κ2) is 5.26. The normalized spacial score (nSPS) is 14.3. The fourth-order valence-corrected chi connectivity index (χ4v) is 3.09. The molecule has 23 heavy (non-hydrogen) atoms. The molecule has 7 heteroatoms. The highest BCUT2D eigenvalue weighted by Gasteiger charge is 2.33.